The Balaban J connectivity index is 3.09. The predicted molar refractivity (Wildman–Crippen MR) is 58.5 cm³/mol. The van der Waals surface area contributed by atoms with E-state index in [1.807, 2.05) is 0 Å². The van der Waals surface area contributed by atoms with E-state index < -0.39 is 11.6 Å². The van der Waals surface area contributed by atoms with Crippen LogP contribution in [0.2, 0.25) is 0 Å². The standard InChI is InChI=1S/C9H12BrNO4/c1-14-7-3-4-8(11(12)13)9(5-7,6-10)15-2/h3-5,8H,6H2,1-2H3. The van der Waals surface area contributed by atoms with Crippen molar-refractivity contribution in [3.8, 4) is 0 Å². The third kappa shape index (κ3) is 2.21. The second kappa shape index (κ2) is 4.76. The minimum atomic E-state index is -0.983. The number of nitrogens with zero attached hydrogens (tertiary/aromatic N) is 1. The quantitative estimate of drug-likeness (QED) is 0.444. The molecule has 1 aliphatic rings. The van der Waals surface area contributed by atoms with E-state index in [1.165, 1.54) is 20.3 Å². The summed E-state index contributed by atoms with van der Waals surface area (Å²) in [6, 6.07) is -0.902. The van der Waals surface area contributed by atoms with Crippen LogP contribution >= 0.6 is 15.9 Å². The van der Waals surface area contributed by atoms with Gasteiger partial charge in [-0.15, -0.1) is 0 Å². The van der Waals surface area contributed by atoms with Crippen LogP contribution in [-0.2, 0) is 9.47 Å². The lowest BCUT2D eigenvalue weighted by atomic mass is 9.91. The molecule has 0 heterocycles. The molecular weight excluding hydrogens is 266 g/mol. The smallest absolute Gasteiger partial charge is 0.264 e. The molecule has 0 spiro atoms. The molecule has 1 rings (SSSR count). The van der Waals surface area contributed by atoms with E-state index in [0.717, 1.165) is 0 Å². The second-order valence-electron chi connectivity index (χ2n) is 3.13. The number of alkyl halides is 1. The first-order valence-electron chi connectivity index (χ1n) is 4.29. The summed E-state index contributed by atoms with van der Waals surface area (Å²) in [4.78, 5) is 10.5. The maximum absolute atomic E-state index is 10.9. The third-order valence-corrected chi connectivity index (χ3v) is 3.26. The Morgan fingerprint density at radius 2 is 2.33 bits per heavy atom. The average molecular weight is 278 g/mol. The van der Waals surface area contributed by atoms with Crippen LogP contribution in [0.5, 0.6) is 0 Å². The van der Waals surface area contributed by atoms with Crippen molar-refractivity contribution >= 4 is 15.9 Å². The van der Waals surface area contributed by atoms with Gasteiger partial charge in [0.15, 0.2) is 5.60 Å². The Labute approximate surface area is 96.0 Å². The lowest BCUT2D eigenvalue weighted by molar-refractivity contribution is -0.527. The summed E-state index contributed by atoms with van der Waals surface area (Å²) in [6.07, 6.45) is 4.67. The van der Waals surface area contributed by atoms with Crippen LogP contribution < -0.4 is 0 Å². The highest BCUT2D eigenvalue weighted by Gasteiger charge is 2.45. The number of halogens is 1. The maximum atomic E-state index is 10.9. The van der Waals surface area contributed by atoms with Crippen LogP contribution in [0.4, 0.5) is 0 Å². The molecule has 2 unspecified atom stereocenters. The highest BCUT2D eigenvalue weighted by atomic mass is 79.9. The molecule has 0 aromatic rings. The Morgan fingerprint density at radius 1 is 1.67 bits per heavy atom. The monoisotopic (exact) mass is 277 g/mol. The largest absolute Gasteiger partial charge is 0.497 e. The molecule has 0 aliphatic heterocycles. The molecule has 6 heteroatoms. The number of methoxy groups -OCH3 is 2. The van der Waals surface area contributed by atoms with Gasteiger partial charge >= 0.3 is 0 Å². The molecule has 0 saturated heterocycles. The third-order valence-electron chi connectivity index (χ3n) is 2.38. The molecule has 2 atom stereocenters. The van der Waals surface area contributed by atoms with Gasteiger partial charge < -0.3 is 9.47 Å². The number of ether oxygens (including phenoxy) is 2. The van der Waals surface area contributed by atoms with E-state index in [0.29, 0.717) is 11.1 Å². The van der Waals surface area contributed by atoms with Crippen molar-refractivity contribution in [2.75, 3.05) is 19.5 Å². The zero-order chi connectivity index (χ0) is 11.5. The van der Waals surface area contributed by atoms with Gasteiger partial charge in [-0.05, 0) is 18.2 Å². The van der Waals surface area contributed by atoms with E-state index >= 15 is 0 Å². The predicted octanol–water partition coefficient (Wildman–Crippen LogP) is 1.51. The van der Waals surface area contributed by atoms with Crippen LogP contribution in [0, 0.1) is 10.1 Å². The molecule has 15 heavy (non-hydrogen) atoms. The number of hydrogen-bond donors (Lipinski definition) is 0. The zero-order valence-corrected chi connectivity index (χ0v) is 10.1. The summed E-state index contributed by atoms with van der Waals surface area (Å²) < 4.78 is 10.3. The van der Waals surface area contributed by atoms with Gasteiger partial charge in [-0.2, -0.15) is 0 Å². The van der Waals surface area contributed by atoms with E-state index in [-0.39, 0.29) is 4.92 Å². The summed E-state index contributed by atoms with van der Waals surface area (Å²) in [6.45, 7) is 0. The van der Waals surface area contributed by atoms with Gasteiger partial charge in [-0.25, -0.2) is 0 Å². The number of rotatable bonds is 4. The normalized spacial score (nSPS) is 29.8. The minimum absolute atomic E-state index is 0.333. The fourth-order valence-electron chi connectivity index (χ4n) is 1.45. The van der Waals surface area contributed by atoms with E-state index in [9.17, 15) is 10.1 Å². The lowest BCUT2D eigenvalue weighted by Crippen LogP contribution is -2.49. The average Bonchev–Trinajstić information content (AvgIpc) is 2.27. The van der Waals surface area contributed by atoms with Gasteiger partial charge in [0.1, 0.15) is 5.76 Å². The highest BCUT2D eigenvalue weighted by molar-refractivity contribution is 9.09. The first-order valence-corrected chi connectivity index (χ1v) is 5.41. The van der Waals surface area contributed by atoms with Crippen LogP contribution in [0.15, 0.2) is 24.0 Å². The molecule has 0 aromatic heterocycles. The lowest BCUT2D eigenvalue weighted by Gasteiger charge is -2.30. The molecule has 5 nitrogen and oxygen atoms in total. The van der Waals surface area contributed by atoms with Gasteiger partial charge in [-0.3, -0.25) is 10.1 Å². The van der Waals surface area contributed by atoms with Crippen molar-refractivity contribution in [1.82, 2.24) is 0 Å². The number of hydrogen-bond acceptors (Lipinski definition) is 4. The molecule has 0 aromatic carbocycles. The maximum Gasteiger partial charge on any atom is 0.264 e. The SMILES string of the molecule is COC1=CC(CBr)(OC)C([N+](=O)[O-])C=C1. The molecule has 0 saturated carbocycles. The molecular formula is C9H12BrNO4. The summed E-state index contributed by atoms with van der Waals surface area (Å²) in [7, 11) is 2.96. The molecule has 0 radical (unpaired) electrons. The van der Waals surface area contributed by atoms with E-state index in [1.54, 1.807) is 12.2 Å². The summed E-state index contributed by atoms with van der Waals surface area (Å²) in [5, 5.41) is 11.2. The van der Waals surface area contributed by atoms with Crippen molar-refractivity contribution in [2.45, 2.75) is 11.6 Å². The fraction of sp³-hybridized carbons (Fsp3) is 0.556. The molecule has 84 valence electrons. The van der Waals surface area contributed by atoms with Crippen LogP contribution in [0.25, 0.3) is 0 Å². The van der Waals surface area contributed by atoms with Crippen molar-refractivity contribution in [3.05, 3.63) is 34.1 Å². The Hall–Kier alpha value is -0.880. The first-order chi connectivity index (χ1) is 7.09. The number of allylic oxidation sites excluding steroid dienone is 1. The Morgan fingerprint density at radius 3 is 2.73 bits per heavy atom. The molecule has 0 N–H and O–H groups in total. The van der Waals surface area contributed by atoms with Crippen molar-refractivity contribution < 1.29 is 14.4 Å². The topological polar surface area (TPSA) is 61.6 Å². The molecule has 1 aliphatic carbocycles. The summed E-state index contributed by atoms with van der Waals surface area (Å²) in [5.74, 6) is 0.564. The zero-order valence-electron chi connectivity index (χ0n) is 8.47. The van der Waals surface area contributed by atoms with Crippen LogP contribution in [-0.4, -0.2) is 36.1 Å². The molecule has 0 amide bonds. The molecule has 0 fully saturated rings. The summed E-state index contributed by atoms with van der Waals surface area (Å²) >= 11 is 3.23. The first kappa shape index (κ1) is 12.2. The van der Waals surface area contributed by atoms with Crippen LogP contribution in [0.1, 0.15) is 0 Å². The Kier molecular flexibility index (Phi) is 3.87. The Bertz CT molecular complexity index is 309. The molecule has 0 bridgehead atoms. The van der Waals surface area contributed by atoms with Crippen molar-refractivity contribution in [3.63, 3.8) is 0 Å². The highest BCUT2D eigenvalue weighted by Crippen LogP contribution is 2.29. The van der Waals surface area contributed by atoms with Crippen LogP contribution in [0.3, 0.4) is 0 Å². The van der Waals surface area contributed by atoms with Crippen molar-refractivity contribution in [2.24, 2.45) is 0 Å². The number of nitro groups is 1. The van der Waals surface area contributed by atoms with E-state index in [2.05, 4.69) is 15.9 Å². The minimum Gasteiger partial charge on any atom is -0.497 e. The van der Waals surface area contributed by atoms with Gasteiger partial charge in [0.05, 0.1) is 7.11 Å². The fourth-order valence-corrected chi connectivity index (χ4v) is 2.17. The summed E-state index contributed by atoms with van der Waals surface area (Å²) in [5.41, 5.74) is -0.983. The van der Waals surface area contributed by atoms with E-state index in [4.69, 9.17) is 9.47 Å². The van der Waals surface area contributed by atoms with Gasteiger partial charge in [-0.1, -0.05) is 15.9 Å². The van der Waals surface area contributed by atoms with Crippen molar-refractivity contribution in [1.29, 1.82) is 0 Å². The van der Waals surface area contributed by atoms with Gasteiger partial charge in [0.2, 0.25) is 0 Å². The second-order valence-corrected chi connectivity index (χ2v) is 3.69. The van der Waals surface area contributed by atoms with Gasteiger partial charge in [0.25, 0.3) is 6.04 Å². The van der Waals surface area contributed by atoms with Gasteiger partial charge in [0, 0.05) is 17.4 Å².